The van der Waals surface area contributed by atoms with E-state index in [9.17, 15) is 5.11 Å². The van der Waals surface area contributed by atoms with Gasteiger partial charge >= 0.3 is 0 Å². The molecule has 2 nitrogen and oxygen atoms in total. The van der Waals surface area contributed by atoms with Gasteiger partial charge in [0.15, 0.2) is 0 Å². The molecule has 0 aromatic heterocycles. The van der Waals surface area contributed by atoms with Crippen LogP contribution in [-0.2, 0) is 23.4 Å². The van der Waals surface area contributed by atoms with Crippen LogP contribution in [0.2, 0.25) is 0 Å². The van der Waals surface area contributed by atoms with E-state index >= 15 is 0 Å². The lowest BCUT2D eigenvalue weighted by Crippen LogP contribution is -2.12. The van der Waals surface area contributed by atoms with Crippen molar-refractivity contribution < 1.29 is 9.84 Å². The maximum atomic E-state index is 9.97. The minimum atomic E-state index is -0.493. The molecule has 74 valence electrons. The van der Waals surface area contributed by atoms with Crippen LogP contribution in [0.25, 0.3) is 0 Å². The van der Waals surface area contributed by atoms with E-state index in [1.807, 2.05) is 6.07 Å². The number of fused-ring (bicyclic) bond motifs is 1. The predicted octanol–water partition coefficient (Wildman–Crippen LogP) is 1.74. The van der Waals surface area contributed by atoms with Crippen molar-refractivity contribution in [2.24, 2.45) is 0 Å². The predicted molar refractivity (Wildman–Crippen MR) is 52.9 cm³/mol. The fraction of sp³-hybridized carbons (Fsp3) is 0.500. The molecule has 0 spiro atoms. The van der Waals surface area contributed by atoms with Crippen LogP contribution in [0.15, 0.2) is 18.2 Å². The van der Waals surface area contributed by atoms with Crippen LogP contribution in [0.4, 0.5) is 0 Å². The van der Waals surface area contributed by atoms with Gasteiger partial charge in [0.2, 0.25) is 0 Å². The van der Waals surface area contributed by atoms with Crippen LogP contribution in [0.1, 0.15) is 29.5 Å². The standard InChI is InChI=1S/C12H14O2/c13-12(4-5-12)11-2-1-10-8-14-6-3-9(10)7-11/h1-2,7,13H,3-6,8H2. The quantitative estimate of drug-likeness (QED) is 0.731. The first-order chi connectivity index (χ1) is 6.78. The van der Waals surface area contributed by atoms with Gasteiger partial charge in [-0.05, 0) is 36.0 Å². The summed E-state index contributed by atoms with van der Waals surface area (Å²) in [4.78, 5) is 0. The Morgan fingerprint density at radius 3 is 2.86 bits per heavy atom. The van der Waals surface area contributed by atoms with Crippen LogP contribution in [-0.4, -0.2) is 11.7 Å². The van der Waals surface area contributed by atoms with Crippen molar-refractivity contribution in [3.8, 4) is 0 Å². The first-order valence-corrected chi connectivity index (χ1v) is 5.20. The summed E-state index contributed by atoms with van der Waals surface area (Å²) < 4.78 is 5.37. The Labute approximate surface area is 83.5 Å². The Hall–Kier alpha value is -0.860. The van der Waals surface area contributed by atoms with Gasteiger partial charge in [-0.1, -0.05) is 18.2 Å². The van der Waals surface area contributed by atoms with Crippen molar-refractivity contribution in [1.82, 2.24) is 0 Å². The molecule has 1 aromatic carbocycles. The number of rotatable bonds is 1. The highest BCUT2D eigenvalue weighted by atomic mass is 16.5. The number of aliphatic hydroxyl groups is 1. The van der Waals surface area contributed by atoms with E-state index in [1.165, 1.54) is 11.1 Å². The molecular weight excluding hydrogens is 176 g/mol. The lowest BCUT2D eigenvalue weighted by atomic mass is 9.97. The van der Waals surface area contributed by atoms with Gasteiger partial charge in [0, 0.05) is 0 Å². The summed E-state index contributed by atoms with van der Waals surface area (Å²) in [6, 6.07) is 6.30. The Bertz CT molecular complexity index is 367. The zero-order valence-electron chi connectivity index (χ0n) is 8.12. The molecule has 1 fully saturated rings. The lowest BCUT2D eigenvalue weighted by molar-refractivity contribution is 0.110. The van der Waals surface area contributed by atoms with Crippen molar-refractivity contribution in [2.75, 3.05) is 6.61 Å². The van der Waals surface area contributed by atoms with Gasteiger partial charge in [0.05, 0.1) is 18.8 Å². The van der Waals surface area contributed by atoms with E-state index in [0.29, 0.717) is 0 Å². The number of hydrogen-bond acceptors (Lipinski definition) is 2. The van der Waals surface area contributed by atoms with Crippen LogP contribution in [0, 0.1) is 0 Å². The molecule has 0 saturated heterocycles. The molecule has 3 rings (SSSR count). The summed E-state index contributed by atoms with van der Waals surface area (Å²) in [6.07, 6.45) is 2.82. The fourth-order valence-electron chi connectivity index (χ4n) is 2.06. The van der Waals surface area contributed by atoms with Crippen molar-refractivity contribution >= 4 is 0 Å². The molecule has 0 radical (unpaired) electrons. The summed E-state index contributed by atoms with van der Waals surface area (Å²) in [5.74, 6) is 0. The molecule has 2 aliphatic rings. The maximum absolute atomic E-state index is 9.97. The third-order valence-electron chi connectivity index (χ3n) is 3.24. The molecule has 1 N–H and O–H groups in total. The van der Waals surface area contributed by atoms with Gasteiger partial charge in [-0.2, -0.15) is 0 Å². The zero-order chi connectivity index (χ0) is 9.60. The number of hydrogen-bond donors (Lipinski definition) is 1. The Morgan fingerprint density at radius 2 is 2.07 bits per heavy atom. The minimum Gasteiger partial charge on any atom is -0.385 e. The summed E-state index contributed by atoms with van der Waals surface area (Å²) >= 11 is 0. The zero-order valence-corrected chi connectivity index (χ0v) is 8.12. The second-order valence-corrected chi connectivity index (χ2v) is 4.32. The number of ether oxygens (including phenoxy) is 1. The van der Waals surface area contributed by atoms with Crippen LogP contribution >= 0.6 is 0 Å². The molecule has 0 bridgehead atoms. The molecule has 1 aromatic rings. The van der Waals surface area contributed by atoms with Crippen molar-refractivity contribution in [2.45, 2.75) is 31.5 Å². The van der Waals surface area contributed by atoms with E-state index in [1.54, 1.807) is 0 Å². The Balaban J connectivity index is 2.01. The Morgan fingerprint density at radius 1 is 1.21 bits per heavy atom. The first-order valence-electron chi connectivity index (χ1n) is 5.20. The van der Waals surface area contributed by atoms with Gasteiger partial charge in [0.25, 0.3) is 0 Å². The van der Waals surface area contributed by atoms with E-state index in [0.717, 1.165) is 38.0 Å². The maximum Gasteiger partial charge on any atom is 0.0899 e. The van der Waals surface area contributed by atoms with E-state index in [4.69, 9.17) is 4.74 Å². The SMILES string of the molecule is OC1(c2ccc3c(c2)CCOC3)CC1. The van der Waals surface area contributed by atoms with Gasteiger partial charge in [0.1, 0.15) is 0 Å². The molecule has 1 aliphatic carbocycles. The number of benzene rings is 1. The second-order valence-electron chi connectivity index (χ2n) is 4.32. The largest absolute Gasteiger partial charge is 0.385 e. The molecule has 0 amide bonds. The van der Waals surface area contributed by atoms with Gasteiger partial charge < -0.3 is 9.84 Å². The van der Waals surface area contributed by atoms with Crippen molar-refractivity contribution in [1.29, 1.82) is 0 Å². The topological polar surface area (TPSA) is 29.5 Å². The van der Waals surface area contributed by atoms with Gasteiger partial charge in [-0.15, -0.1) is 0 Å². The lowest BCUT2D eigenvalue weighted by Gasteiger charge is -2.18. The minimum absolute atomic E-state index is 0.493. The average molecular weight is 190 g/mol. The summed E-state index contributed by atoms with van der Waals surface area (Å²) in [7, 11) is 0. The molecule has 1 saturated carbocycles. The smallest absolute Gasteiger partial charge is 0.0899 e. The van der Waals surface area contributed by atoms with Gasteiger partial charge in [-0.3, -0.25) is 0 Å². The highest BCUT2D eigenvalue weighted by Gasteiger charge is 2.42. The summed E-state index contributed by atoms with van der Waals surface area (Å²) in [5.41, 5.74) is 3.24. The molecule has 1 heterocycles. The van der Waals surface area contributed by atoms with E-state index < -0.39 is 5.60 Å². The highest BCUT2D eigenvalue weighted by molar-refractivity contribution is 5.37. The van der Waals surface area contributed by atoms with E-state index in [2.05, 4.69) is 12.1 Å². The van der Waals surface area contributed by atoms with E-state index in [-0.39, 0.29) is 0 Å². The van der Waals surface area contributed by atoms with Crippen LogP contribution < -0.4 is 0 Å². The summed E-state index contributed by atoms with van der Waals surface area (Å²) in [5, 5.41) is 9.97. The molecule has 1 aliphatic heterocycles. The van der Waals surface area contributed by atoms with Crippen molar-refractivity contribution in [3.05, 3.63) is 34.9 Å². The molecular formula is C12H14O2. The normalized spacial score (nSPS) is 22.9. The highest BCUT2D eigenvalue weighted by Crippen LogP contribution is 2.45. The molecule has 2 heteroatoms. The van der Waals surface area contributed by atoms with Crippen LogP contribution in [0.5, 0.6) is 0 Å². The molecule has 14 heavy (non-hydrogen) atoms. The average Bonchev–Trinajstić information content (AvgIpc) is 2.97. The van der Waals surface area contributed by atoms with Crippen molar-refractivity contribution in [3.63, 3.8) is 0 Å². The fourth-order valence-corrected chi connectivity index (χ4v) is 2.06. The van der Waals surface area contributed by atoms with Gasteiger partial charge in [-0.25, -0.2) is 0 Å². The summed E-state index contributed by atoms with van der Waals surface area (Å²) in [6.45, 7) is 1.54. The molecule has 0 atom stereocenters. The Kier molecular flexibility index (Phi) is 1.70. The third-order valence-corrected chi connectivity index (χ3v) is 3.24. The first kappa shape index (κ1) is 8.45. The molecule has 0 unspecified atom stereocenters. The monoisotopic (exact) mass is 190 g/mol. The third kappa shape index (κ3) is 1.26. The second kappa shape index (κ2) is 2.81. The van der Waals surface area contributed by atoms with Crippen LogP contribution in [0.3, 0.4) is 0 Å².